The lowest BCUT2D eigenvalue weighted by Crippen LogP contribution is -2.44. The lowest BCUT2D eigenvalue weighted by atomic mass is 9.95. The van der Waals surface area contributed by atoms with E-state index in [1.54, 1.807) is 26.2 Å². The Morgan fingerprint density at radius 1 is 1.00 bits per heavy atom. The quantitative estimate of drug-likeness (QED) is 0.567. The molecule has 7 nitrogen and oxygen atoms in total. The van der Waals surface area contributed by atoms with E-state index in [1.807, 2.05) is 44.2 Å². The second-order valence-corrected chi connectivity index (χ2v) is 8.94. The molecule has 0 atom stereocenters. The molecule has 0 radical (unpaired) electrons. The minimum atomic E-state index is -0.425. The summed E-state index contributed by atoms with van der Waals surface area (Å²) in [7, 11) is 4.91. The Morgan fingerprint density at radius 3 is 2.36 bits per heavy atom. The maximum Gasteiger partial charge on any atom is 0.410 e. The van der Waals surface area contributed by atoms with E-state index in [-0.39, 0.29) is 18.0 Å². The van der Waals surface area contributed by atoms with Crippen LogP contribution in [-0.2, 0) is 11.2 Å². The number of amides is 1. The molecule has 0 aliphatic heterocycles. The summed E-state index contributed by atoms with van der Waals surface area (Å²) in [5.74, 6) is 1.75. The highest BCUT2D eigenvalue weighted by molar-refractivity contribution is 6.02. The Bertz CT molecular complexity index is 1070. The fourth-order valence-electron chi connectivity index (χ4n) is 4.40. The third kappa shape index (κ3) is 4.24. The number of ketones is 1. The van der Waals surface area contributed by atoms with E-state index in [0.29, 0.717) is 36.7 Å². The van der Waals surface area contributed by atoms with Gasteiger partial charge in [-0.3, -0.25) is 4.79 Å². The number of methoxy groups -OCH3 is 2. The SMILES string of the molecule is COc1ccc(-c2cccc3c2CCC3=O)c(OCC2(N(C)C(=O)OC(C)C)CC2)c1OC. The molecule has 0 bridgehead atoms. The summed E-state index contributed by atoms with van der Waals surface area (Å²) in [6.07, 6.45) is 2.32. The van der Waals surface area contributed by atoms with Gasteiger partial charge in [-0.2, -0.15) is 0 Å². The summed E-state index contributed by atoms with van der Waals surface area (Å²) in [5.41, 5.74) is 3.15. The van der Waals surface area contributed by atoms with Gasteiger partial charge < -0.3 is 23.8 Å². The second kappa shape index (κ2) is 8.96. The van der Waals surface area contributed by atoms with E-state index in [1.165, 1.54) is 0 Å². The summed E-state index contributed by atoms with van der Waals surface area (Å²) < 4.78 is 23.0. The number of hydrogen-bond acceptors (Lipinski definition) is 6. The Hall–Kier alpha value is -3.22. The molecule has 0 aromatic heterocycles. The number of benzene rings is 2. The van der Waals surface area contributed by atoms with Crippen molar-refractivity contribution in [3.05, 3.63) is 41.5 Å². The van der Waals surface area contributed by atoms with Crippen molar-refractivity contribution in [2.45, 2.75) is 51.2 Å². The maximum atomic E-state index is 12.5. The van der Waals surface area contributed by atoms with Crippen molar-refractivity contribution < 1.29 is 28.5 Å². The molecule has 1 fully saturated rings. The van der Waals surface area contributed by atoms with Gasteiger partial charge in [-0.15, -0.1) is 0 Å². The van der Waals surface area contributed by atoms with Crippen molar-refractivity contribution in [1.29, 1.82) is 0 Å². The Labute approximate surface area is 194 Å². The average Bonchev–Trinajstić information content (AvgIpc) is 3.51. The van der Waals surface area contributed by atoms with Gasteiger partial charge >= 0.3 is 6.09 Å². The first-order valence-electron chi connectivity index (χ1n) is 11.3. The normalized spacial score (nSPS) is 15.8. The molecular formula is C26H31NO6. The van der Waals surface area contributed by atoms with E-state index in [0.717, 1.165) is 35.1 Å². The van der Waals surface area contributed by atoms with Crippen LogP contribution >= 0.6 is 0 Å². The number of ether oxygens (including phenoxy) is 4. The van der Waals surface area contributed by atoms with Crippen LogP contribution in [0, 0.1) is 0 Å². The first-order valence-corrected chi connectivity index (χ1v) is 11.3. The first kappa shape index (κ1) is 23.0. The minimum absolute atomic E-state index is 0.164. The van der Waals surface area contributed by atoms with Crippen molar-refractivity contribution in [3.8, 4) is 28.4 Å². The maximum absolute atomic E-state index is 12.5. The van der Waals surface area contributed by atoms with Gasteiger partial charge in [0.15, 0.2) is 17.3 Å². The van der Waals surface area contributed by atoms with Gasteiger partial charge in [0.25, 0.3) is 0 Å². The van der Waals surface area contributed by atoms with E-state index in [2.05, 4.69) is 0 Å². The largest absolute Gasteiger partial charge is 0.493 e. The molecule has 0 unspecified atom stereocenters. The van der Waals surface area contributed by atoms with Crippen molar-refractivity contribution in [1.82, 2.24) is 4.90 Å². The van der Waals surface area contributed by atoms with Gasteiger partial charge in [-0.25, -0.2) is 4.79 Å². The van der Waals surface area contributed by atoms with Gasteiger partial charge in [-0.1, -0.05) is 18.2 Å². The molecule has 33 heavy (non-hydrogen) atoms. The van der Waals surface area contributed by atoms with Crippen LogP contribution in [0.1, 0.15) is 49.0 Å². The van der Waals surface area contributed by atoms with Crippen molar-refractivity contribution in [3.63, 3.8) is 0 Å². The molecule has 0 heterocycles. The Morgan fingerprint density at radius 2 is 1.73 bits per heavy atom. The predicted molar refractivity (Wildman–Crippen MR) is 124 cm³/mol. The number of fused-ring (bicyclic) bond motifs is 1. The second-order valence-electron chi connectivity index (χ2n) is 8.94. The molecule has 0 saturated heterocycles. The van der Waals surface area contributed by atoms with Crippen LogP contribution in [0.25, 0.3) is 11.1 Å². The van der Waals surface area contributed by atoms with Gasteiger partial charge in [0.05, 0.1) is 25.9 Å². The summed E-state index contributed by atoms with van der Waals surface area (Å²) in [4.78, 5) is 26.4. The zero-order chi connectivity index (χ0) is 23.8. The third-order valence-electron chi connectivity index (χ3n) is 6.50. The smallest absolute Gasteiger partial charge is 0.410 e. The van der Waals surface area contributed by atoms with E-state index in [4.69, 9.17) is 18.9 Å². The standard InChI is InChI=1S/C26H31NO6/c1-16(2)33-25(29)27(3)26(13-14-26)15-32-23-20(10-12-22(30-4)24(23)31-5)17-7-6-8-19-18(17)9-11-21(19)28/h6-8,10,12,16H,9,11,13-15H2,1-5H3. The number of carbonyl (C=O) groups excluding carboxylic acids is 2. The van der Waals surface area contributed by atoms with Gasteiger partial charge in [-0.05, 0) is 56.4 Å². The predicted octanol–water partition coefficient (Wildman–Crippen LogP) is 4.89. The summed E-state index contributed by atoms with van der Waals surface area (Å²) >= 11 is 0. The monoisotopic (exact) mass is 453 g/mol. The molecule has 4 rings (SSSR count). The van der Waals surface area contributed by atoms with Crippen molar-refractivity contribution in [2.75, 3.05) is 27.9 Å². The molecule has 2 aliphatic carbocycles. The van der Waals surface area contributed by atoms with E-state index < -0.39 is 5.54 Å². The summed E-state index contributed by atoms with van der Waals surface area (Å²) in [6, 6.07) is 9.56. The van der Waals surface area contributed by atoms with Crippen molar-refractivity contribution >= 4 is 11.9 Å². The van der Waals surface area contributed by atoms with Crippen LogP contribution in [0.15, 0.2) is 30.3 Å². The molecule has 1 amide bonds. The number of carbonyl (C=O) groups is 2. The number of Topliss-reactive ketones (excluding diaryl/α,β-unsaturated/α-hetero) is 1. The van der Waals surface area contributed by atoms with Crippen LogP contribution < -0.4 is 14.2 Å². The number of likely N-dealkylation sites (N-methyl/N-ethyl adjacent to an activating group) is 1. The lowest BCUT2D eigenvalue weighted by molar-refractivity contribution is 0.0573. The molecular weight excluding hydrogens is 422 g/mol. The molecule has 7 heteroatoms. The highest BCUT2D eigenvalue weighted by Gasteiger charge is 2.50. The number of nitrogens with zero attached hydrogens (tertiary/aromatic N) is 1. The van der Waals surface area contributed by atoms with Crippen LogP contribution in [0.4, 0.5) is 4.79 Å². The fraction of sp³-hybridized carbons (Fsp3) is 0.462. The molecule has 1 saturated carbocycles. The Kier molecular flexibility index (Phi) is 6.23. The zero-order valence-corrected chi connectivity index (χ0v) is 19.9. The highest BCUT2D eigenvalue weighted by Crippen LogP contribution is 2.48. The van der Waals surface area contributed by atoms with Gasteiger partial charge in [0.2, 0.25) is 5.75 Å². The molecule has 2 aliphatic rings. The zero-order valence-electron chi connectivity index (χ0n) is 19.9. The lowest BCUT2D eigenvalue weighted by Gasteiger charge is -2.29. The van der Waals surface area contributed by atoms with Crippen LogP contribution in [-0.4, -0.2) is 56.3 Å². The molecule has 0 N–H and O–H groups in total. The molecule has 2 aromatic carbocycles. The summed E-state index contributed by atoms with van der Waals surface area (Å²) in [5, 5.41) is 0. The van der Waals surface area contributed by atoms with Gasteiger partial charge in [0, 0.05) is 24.6 Å². The first-order chi connectivity index (χ1) is 15.8. The molecule has 176 valence electrons. The number of rotatable bonds is 8. The highest BCUT2D eigenvalue weighted by atomic mass is 16.6. The summed E-state index contributed by atoms with van der Waals surface area (Å²) in [6.45, 7) is 3.96. The fourth-order valence-corrected chi connectivity index (χ4v) is 4.40. The topological polar surface area (TPSA) is 74.3 Å². The third-order valence-corrected chi connectivity index (χ3v) is 6.50. The van der Waals surface area contributed by atoms with Crippen LogP contribution in [0.3, 0.4) is 0 Å². The van der Waals surface area contributed by atoms with Crippen molar-refractivity contribution in [2.24, 2.45) is 0 Å². The van der Waals surface area contributed by atoms with Gasteiger partial charge in [0.1, 0.15) is 6.61 Å². The minimum Gasteiger partial charge on any atom is -0.493 e. The van der Waals surface area contributed by atoms with E-state index >= 15 is 0 Å². The molecule has 2 aromatic rings. The van der Waals surface area contributed by atoms with Crippen LogP contribution in [0.5, 0.6) is 17.2 Å². The van der Waals surface area contributed by atoms with Crippen LogP contribution in [0.2, 0.25) is 0 Å². The Balaban J connectivity index is 1.70. The van der Waals surface area contributed by atoms with E-state index in [9.17, 15) is 9.59 Å². The molecule has 0 spiro atoms. The number of hydrogen-bond donors (Lipinski definition) is 0. The average molecular weight is 454 g/mol.